The van der Waals surface area contributed by atoms with Crippen molar-refractivity contribution in [2.24, 2.45) is 0 Å². The molecule has 2 aromatic heterocycles. The molecule has 0 radical (unpaired) electrons. The largest absolute Gasteiger partial charge is 0.493 e. The summed E-state index contributed by atoms with van der Waals surface area (Å²) in [7, 11) is 4.80. The van der Waals surface area contributed by atoms with Gasteiger partial charge in [0.25, 0.3) is 0 Å². The lowest BCUT2D eigenvalue weighted by atomic mass is 10.1. The summed E-state index contributed by atoms with van der Waals surface area (Å²) < 4.78 is 21.9. The Kier molecular flexibility index (Phi) is 5.23. The van der Waals surface area contributed by atoms with Gasteiger partial charge >= 0.3 is 0 Å². The summed E-state index contributed by atoms with van der Waals surface area (Å²) in [5, 5.41) is 3.24. The highest BCUT2D eigenvalue weighted by Gasteiger charge is 2.22. The summed E-state index contributed by atoms with van der Waals surface area (Å²) in [6.07, 6.45) is 0. The number of hydrogen-bond acceptors (Lipinski definition) is 8. The minimum Gasteiger partial charge on any atom is -0.493 e. The summed E-state index contributed by atoms with van der Waals surface area (Å²) in [5.41, 5.74) is 2.01. The Hall–Kier alpha value is -2.58. The molecule has 28 heavy (non-hydrogen) atoms. The second kappa shape index (κ2) is 7.81. The second-order valence-electron chi connectivity index (χ2n) is 6.48. The van der Waals surface area contributed by atoms with Crippen LogP contribution in [0.2, 0.25) is 0 Å². The number of aryl methyl sites for hydroxylation is 1. The van der Waals surface area contributed by atoms with E-state index in [1.165, 1.54) is 5.56 Å². The average Bonchev–Trinajstić information content (AvgIpc) is 3.13. The second-order valence-corrected chi connectivity index (χ2v) is 7.34. The summed E-state index contributed by atoms with van der Waals surface area (Å²) in [5.74, 6) is 3.30. The zero-order valence-electron chi connectivity index (χ0n) is 16.4. The van der Waals surface area contributed by atoms with E-state index in [1.54, 1.807) is 32.7 Å². The number of nitrogens with zero attached hydrogens (tertiary/aromatic N) is 3. The molecular weight excluding hydrogens is 378 g/mol. The lowest BCUT2D eigenvalue weighted by molar-refractivity contribution is 0.122. The van der Waals surface area contributed by atoms with Crippen LogP contribution >= 0.6 is 11.3 Å². The Balaban J connectivity index is 1.90. The third-order valence-electron chi connectivity index (χ3n) is 4.83. The van der Waals surface area contributed by atoms with Gasteiger partial charge in [0.15, 0.2) is 17.3 Å². The standard InChI is InChI=1S/C20H23N3O4S/c1-12-11-28-20-16(12)19(23-5-7-27-8-6-23)21-18(22-20)13-9-14(24-2)17(26-4)15(10-13)25-3/h9-11H,5-8H2,1-4H3. The molecule has 3 aromatic rings. The van der Waals surface area contributed by atoms with Crippen molar-refractivity contribution < 1.29 is 18.9 Å². The van der Waals surface area contributed by atoms with Crippen LogP contribution in [0, 0.1) is 6.92 Å². The molecule has 3 heterocycles. The SMILES string of the molecule is COc1cc(-c2nc(N3CCOCC3)c3c(C)csc3n2)cc(OC)c1OC. The molecule has 0 saturated carbocycles. The first-order valence-electron chi connectivity index (χ1n) is 9.05. The lowest BCUT2D eigenvalue weighted by Gasteiger charge is -2.28. The maximum Gasteiger partial charge on any atom is 0.203 e. The summed E-state index contributed by atoms with van der Waals surface area (Å²) in [6, 6.07) is 3.76. The van der Waals surface area contributed by atoms with Crippen molar-refractivity contribution in [3.8, 4) is 28.6 Å². The van der Waals surface area contributed by atoms with E-state index in [0.29, 0.717) is 36.3 Å². The fraction of sp³-hybridized carbons (Fsp3) is 0.400. The van der Waals surface area contributed by atoms with Crippen LogP contribution in [0.5, 0.6) is 17.2 Å². The van der Waals surface area contributed by atoms with E-state index in [2.05, 4.69) is 17.2 Å². The van der Waals surface area contributed by atoms with Crippen LogP contribution in [0.15, 0.2) is 17.5 Å². The quantitative estimate of drug-likeness (QED) is 0.648. The summed E-state index contributed by atoms with van der Waals surface area (Å²) in [6.45, 7) is 5.14. The van der Waals surface area contributed by atoms with Crippen molar-refractivity contribution in [1.82, 2.24) is 9.97 Å². The minimum absolute atomic E-state index is 0.551. The van der Waals surface area contributed by atoms with Crippen molar-refractivity contribution in [2.75, 3.05) is 52.5 Å². The molecule has 0 spiro atoms. The first-order valence-corrected chi connectivity index (χ1v) is 9.93. The normalized spacial score (nSPS) is 14.4. The van der Waals surface area contributed by atoms with Gasteiger partial charge in [-0.05, 0) is 30.0 Å². The van der Waals surface area contributed by atoms with Gasteiger partial charge in [0.1, 0.15) is 10.6 Å². The van der Waals surface area contributed by atoms with E-state index in [1.807, 2.05) is 12.1 Å². The molecule has 0 N–H and O–H groups in total. The lowest BCUT2D eigenvalue weighted by Crippen LogP contribution is -2.37. The maximum atomic E-state index is 5.52. The first-order chi connectivity index (χ1) is 13.7. The van der Waals surface area contributed by atoms with Gasteiger partial charge in [-0.25, -0.2) is 9.97 Å². The molecule has 8 heteroatoms. The third kappa shape index (κ3) is 3.22. The van der Waals surface area contributed by atoms with Gasteiger partial charge in [0.05, 0.1) is 39.9 Å². The number of morpholine rings is 1. The van der Waals surface area contributed by atoms with Crippen LogP contribution in [0.3, 0.4) is 0 Å². The number of methoxy groups -OCH3 is 3. The zero-order valence-corrected chi connectivity index (χ0v) is 17.3. The van der Waals surface area contributed by atoms with Gasteiger partial charge in [-0.3, -0.25) is 0 Å². The number of anilines is 1. The van der Waals surface area contributed by atoms with Gasteiger partial charge in [0, 0.05) is 18.7 Å². The number of hydrogen-bond donors (Lipinski definition) is 0. The van der Waals surface area contributed by atoms with Crippen LogP contribution in [0.25, 0.3) is 21.6 Å². The van der Waals surface area contributed by atoms with Gasteiger partial charge < -0.3 is 23.8 Å². The van der Waals surface area contributed by atoms with E-state index >= 15 is 0 Å². The molecule has 0 bridgehead atoms. The zero-order chi connectivity index (χ0) is 19.7. The average molecular weight is 401 g/mol. The molecular formula is C20H23N3O4S. The Labute approximate surface area is 167 Å². The number of aromatic nitrogens is 2. The van der Waals surface area contributed by atoms with Crippen molar-refractivity contribution in [1.29, 1.82) is 0 Å². The van der Waals surface area contributed by atoms with E-state index in [-0.39, 0.29) is 0 Å². The van der Waals surface area contributed by atoms with Gasteiger partial charge in [0.2, 0.25) is 5.75 Å². The Bertz CT molecular complexity index is 974. The Morgan fingerprint density at radius 2 is 1.68 bits per heavy atom. The maximum absolute atomic E-state index is 5.52. The predicted molar refractivity (Wildman–Crippen MR) is 110 cm³/mol. The number of ether oxygens (including phenoxy) is 4. The van der Waals surface area contributed by atoms with Gasteiger partial charge in [-0.15, -0.1) is 11.3 Å². The molecule has 1 aliphatic heterocycles. The van der Waals surface area contributed by atoms with Crippen LogP contribution in [-0.2, 0) is 4.74 Å². The van der Waals surface area contributed by atoms with E-state index < -0.39 is 0 Å². The smallest absolute Gasteiger partial charge is 0.203 e. The molecule has 0 aliphatic carbocycles. The van der Waals surface area contributed by atoms with Crippen LogP contribution < -0.4 is 19.1 Å². The van der Waals surface area contributed by atoms with E-state index in [0.717, 1.165) is 34.7 Å². The molecule has 1 aliphatic rings. The fourth-order valence-corrected chi connectivity index (χ4v) is 4.32. The molecule has 1 fully saturated rings. The van der Waals surface area contributed by atoms with Crippen molar-refractivity contribution in [3.63, 3.8) is 0 Å². The van der Waals surface area contributed by atoms with Crippen molar-refractivity contribution >= 4 is 27.4 Å². The highest BCUT2D eigenvalue weighted by molar-refractivity contribution is 7.17. The monoisotopic (exact) mass is 401 g/mol. The van der Waals surface area contributed by atoms with E-state index in [9.17, 15) is 0 Å². The van der Waals surface area contributed by atoms with Crippen LogP contribution in [0.4, 0.5) is 5.82 Å². The van der Waals surface area contributed by atoms with Gasteiger partial charge in [-0.2, -0.15) is 0 Å². The highest BCUT2D eigenvalue weighted by atomic mass is 32.1. The number of benzene rings is 1. The summed E-state index contributed by atoms with van der Waals surface area (Å²) in [4.78, 5) is 13.0. The third-order valence-corrected chi connectivity index (χ3v) is 5.82. The number of rotatable bonds is 5. The number of thiophene rings is 1. The molecule has 0 atom stereocenters. The fourth-order valence-electron chi connectivity index (χ4n) is 3.41. The molecule has 148 valence electrons. The topological polar surface area (TPSA) is 65.9 Å². The molecule has 4 rings (SSSR count). The minimum atomic E-state index is 0.551. The summed E-state index contributed by atoms with van der Waals surface area (Å²) >= 11 is 1.63. The highest BCUT2D eigenvalue weighted by Crippen LogP contribution is 2.42. The molecule has 7 nitrogen and oxygen atoms in total. The van der Waals surface area contributed by atoms with Crippen molar-refractivity contribution in [2.45, 2.75) is 6.92 Å². The van der Waals surface area contributed by atoms with E-state index in [4.69, 9.17) is 28.9 Å². The Morgan fingerprint density at radius 1 is 1.00 bits per heavy atom. The van der Waals surface area contributed by atoms with Crippen LogP contribution in [-0.4, -0.2) is 57.6 Å². The van der Waals surface area contributed by atoms with Crippen LogP contribution in [0.1, 0.15) is 5.56 Å². The Morgan fingerprint density at radius 3 is 2.29 bits per heavy atom. The first kappa shape index (κ1) is 18.8. The predicted octanol–water partition coefficient (Wildman–Crippen LogP) is 3.53. The van der Waals surface area contributed by atoms with Gasteiger partial charge in [-0.1, -0.05) is 0 Å². The molecule has 0 unspecified atom stereocenters. The number of fused-ring (bicyclic) bond motifs is 1. The van der Waals surface area contributed by atoms with Crippen molar-refractivity contribution in [3.05, 3.63) is 23.1 Å². The molecule has 1 saturated heterocycles. The molecule has 0 amide bonds. The molecule has 1 aromatic carbocycles.